The third-order valence-electron chi connectivity index (χ3n) is 4.45. The van der Waals surface area contributed by atoms with Crippen LogP contribution in [0, 0.1) is 5.92 Å². The molecule has 0 aliphatic carbocycles. The summed E-state index contributed by atoms with van der Waals surface area (Å²) in [7, 11) is 0. The molecule has 2 aliphatic rings. The third kappa shape index (κ3) is 6.59. The van der Waals surface area contributed by atoms with Crippen LogP contribution in [0.5, 0.6) is 0 Å². The average Bonchev–Trinajstić information content (AvgIpc) is 2.82. The number of amides is 1. The molecule has 2 rings (SSSR count). The van der Waals surface area contributed by atoms with Gasteiger partial charge in [-0.2, -0.15) is 0 Å². The molecular formula is C15H31Cl2N3O2. The second-order valence-electron chi connectivity index (χ2n) is 5.92. The Kier molecular flexibility index (Phi) is 11.4. The summed E-state index contributed by atoms with van der Waals surface area (Å²) in [4.78, 5) is 14.5. The maximum Gasteiger partial charge on any atom is 0.220 e. The Balaban J connectivity index is 0.00000220. The van der Waals surface area contributed by atoms with Crippen LogP contribution < -0.4 is 10.6 Å². The van der Waals surface area contributed by atoms with Gasteiger partial charge in [0.15, 0.2) is 0 Å². The highest BCUT2D eigenvalue weighted by Crippen LogP contribution is 2.17. The molecule has 0 unspecified atom stereocenters. The van der Waals surface area contributed by atoms with Gasteiger partial charge in [-0.1, -0.05) is 6.92 Å². The van der Waals surface area contributed by atoms with Gasteiger partial charge in [-0.3, -0.25) is 9.69 Å². The van der Waals surface area contributed by atoms with Crippen LogP contribution in [0.2, 0.25) is 0 Å². The van der Waals surface area contributed by atoms with Gasteiger partial charge in [-0.15, -0.1) is 24.8 Å². The lowest BCUT2D eigenvalue weighted by atomic mass is 9.94. The van der Waals surface area contributed by atoms with Crippen molar-refractivity contribution in [2.45, 2.75) is 45.3 Å². The number of likely N-dealkylation sites (N-methyl/N-ethyl adjacent to an activating group) is 1. The van der Waals surface area contributed by atoms with Crippen molar-refractivity contribution in [2.24, 2.45) is 5.92 Å². The van der Waals surface area contributed by atoms with Crippen molar-refractivity contribution in [2.75, 3.05) is 39.3 Å². The molecule has 7 heteroatoms. The summed E-state index contributed by atoms with van der Waals surface area (Å²) in [6.45, 7) is 9.85. The lowest BCUT2D eigenvalue weighted by Gasteiger charge is -2.24. The van der Waals surface area contributed by atoms with Gasteiger partial charge in [-0.25, -0.2) is 0 Å². The molecule has 0 spiro atoms. The van der Waals surface area contributed by atoms with E-state index in [2.05, 4.69) is 22.5 Å². The van der Waals surface area contributed by atoms with E-state index < -0.39 is 0 Å². The second-order valence-corrected chi connectivity index (χ2v) is 5.92. The first-order valence-corrected chi connectivity index (χ1v) is 8.07. The molecule has 0 aromatic heterocycles. The number of likely N-dealkylation sites (tertiary alicyclic amines) is 1. The summed E-state index contributed by atoms with van der Waals surface area (Å²) >= 11 is 0. The van der Waals surface area contributed by atoms with E-state index in [4.69, 9.17) is 4.74 Å². The lowest BCUT2D eigenvalue weighted by Crippen LogP contribution is -2.45. The standard InChI is InChI=1S/C15H29N3O2.2ClH/c1-3-18-10-13(14(11-18)20-4-2)17-15(19)9-12-5-7-16-8-6-12;;/h12-14,16H,3-11H2,1-2H3,(H,17,19);2*1H/t13-,14-;;/m0../s1. The quantitative estimate of drug-likeness (QED) is 0.756. The van der Waals surface area contributed by atoms with Crippen LogP contribution in [0.25, 0.3) is 0 Å². The van der Waals surface area contributed by atoms with E-state index in [9.17, 15) is 4.79 Å². The van der Waals surface area contributed by atoms with Crippen molar-refractivity contribution >= 4 is 30.7 Å². The molecule has 132 valence electrons. The van der Waals surface area contributed by atoms with E-state index in [0.29, 0.717) is 18.9 Å². The summed E-state index contributed by atoms with van der Waals surface area (Å²) in [6, 6.07) is 0.157. The van der Waals surface area contributed by atoms with Crippen LogP contribution in [-0.2, 0) is 9.53 Å². The van der Waals surface area contributed by atoms with Gasteiger partial charge < -0.3 is 15.4 Å². The molecule has 0 bridgehead atoms. The summed E-state index contributed by atoms with van der Waals surface area (Å²) in [5.41, 5.74) is 0. The van der Waals surface area contributed by atoms with Crippen LogP contribution in [0.3, 0.4) is 0 Å². The van der Waals surface area contributed by atoms with Gasteiger partial charge in [0, 0.05) is 26.1 Å². The molecule has 2 atom stereocenters. The van der Waals surface area contributed by atoms with Crippen molar-refractivity contribution in [3.05, 3.63) is 0 Å². The van der Waals surface area contributed by atoms with Gasteiger partial charge in [0.1, 0.15) is 0 Å². The maximum atomic E-state index is 12.2. The van der Waals surface area contributed by atoms with Crippen LogP contribution in [0.1, 0.15) is 33.1 Å². The van der Waals surface area contributed by atoms with E-state index in [1.54, 1.807) is 0 Å². The predicted molar refractivity (Wildman–Crippen MR) is 94.2 cm³/mol. The fraction of sp³-hybridized carbons (Fsp3) is 0.933. The first-order valence-electron chi connectivity index (χ1n) is 8.07. The molecule has 2 fully saturated rings. The highest BCUT2D eigenvalue weighted by Gasteiger charge is 2.33. The highest BCUT2D eigenvalue weighted by molar-refractivity contribution is 5.85. The van der Waals surface area contributed by atoms with E-state index in [1.807, 2.05) is 6.92 Å². The topological polar surface area (TPSA) is 53.6 Å². The van der Waals surface area contributed by atoms with E-state index in [1.165, 1.54) is 0 Å². The fourth-order valence-electron chi connectivity index (χ4n) is 3.25. The number of nitrogens with one attached hydrogen (secondary N) is 2. The Hall–Kier alpha value is -0.0700. The normalized spacial score (nSPS) is 26.1. The molecule has 2 N–H and O–H groups in total. The van der Waals surface area contributed by atoms with E-state index in [-0.39, 0.29) is 42.9 Å². The first-order chi connectivity index (χ1) is 9.72. The van der Waals surface area contributed by atoms with Crippen LogP contribution in [0.15, 0.2) is 0 Å². The number of hydrogen-bond acceptors (Lipinski definition) is 4. The largest absolute Gasteiger partial charge is 0.375 e. The number of piperidine rings is 1. The minimum absolute atomic E-state index is 0. The molecule has 5 nitrogen and oxygen atoms in total. The number of nitrogens with zero attached hydrogens (tertiary/aromatic N) is 1. The van der Waals surface area contributed by atoms with Crippen molar-refractivity contribution in [3.8, 4) is 0 Å². The second kappa shape index (κ2) is 11.5. The SMILES string of the molecule is CCO[C@H]1CN(CC)C[C@@H]1NC(=O)CC1CCNCC1.Cl.Cl. The first kappa shape index (κ1) is 21.9. The monoisotopic (exact) mass is 355 g/mol. The van der Waals surface area contributed by atoms with Crippen LogP contribution >= 0.6 is 24.8 Å². The molecule has 2 saturated heterocycles. The smallest absolute Gasteiger partial charge is 0.220 e. The molecular weight excluding hydrogens is 325 g/mol. The summed E-state index contributed by atoms with van der Waals surface area (Å²) in [5.74, 6) is 0.745. The zero-order valence-corrected chi connectivity index (χ0v) is 15.3. The van der Waals surface area contributed by atoms with Gasteiger partial charge in [0.05, 0.1) is 12.1 Å². The lowest BCUT2D eigenvalue weighted by molar-refractivity contribution is -0.123. The molecule has 0 aromatic rings. The average molecular weight is 356 g/mol. The van der Waals surface area contributed by atoms with E-state index >= 15 is 0 Å². The Morgan fingerprint density at radius 1 is 1.23 bits per heavy atom. The van der Waals surface area contributed by atoms with E-state index in [0.717, 1.165) is 45.6 Å². The number of ether oxygens (including phenoxy) is 1. The van der Waals surface area contributed by atoms with Gasteiger partial charge in [0.25, 0.3) is 0 Å². The minimum Gasteiger partial charge on any atom is -0.375 e. The zero-order valence-electron chi connectivity index (χ0n) is 13.7. The number of carbonyl (C=O) groups is 1. The minimum atomic E-state index is 0. The van der Waals surface area contributed by atoms with Crippen molar-refractivity contribution in [3.63, 3.8) is 0 Å². The Labute approximate surface area is 146 Å². The van der Waals surface area contributed by atoms with Crippen molar-refractivity contribution < 1.29 is 9.53 Å². The zero-order chi connectivity index (χ0) is 14.4. The molecule has 1 amide bonds. The number of carbonyl (C=O) groups excluding carboxylic acids is 1. The van der Waals surface area contributed by atoms with Crippen molar-refractivity contribution in [1.82, 2.24) is 15.5 Å². The van der Waals surface area contributed by atoms with Gasteiger partial charge in [0.2, 0.25) is 5.91 Å². The van der Waals surface area contributed by atoms with Crippen molar-refractivity contribution in [1.29, 1.82) is 0 Å². The van der Waals surface area contributed by atoms with Crippen LogP contribution in [-0.4, -0.2) is 62.3 Å². The molecule has 22 heavy (non-hydrogen) atoms. The Bertz CT molecular complexity index is 315. The Morgan fingerprint density at radius 3 is 2.50 bits per heavy atom. The molecule has 2 heterocycles. The third-order valence-corrected chi connectivity index (χ3v) is 4.45. The number of halogens is 2. The fourth-order valence-corrected chi connectivity index (χ4v) is 3.25. The summed E-state index contributed by atoms with van der Waals surface area (Å²) < 4.78 is 5.77. The maximum absolute atomic E-state index is 12.2. The van der Waals surface area contributed by atoms with Gasteiger partial charge >= 0.3 is 0 Å². The highest BCUT2D eigenvalue weighted by atomic mass is 35.5. The van der Waals surface area contributed by atoms with Gasteiger partial charge in [-0.05, 0) is 45.3 Å². The molecule has 2 aliphatic heterocycles. The molecule has 0 radical (unpaired) electrons. The summed E-state index contributed by atoms with van der Waals surface area (Å²) in [6.07, 6.45) is 3.06. The summed E-state index contributed by atoms with van der Waals surface area (Å²) in [5, 5.41) is 6.54. The number of hydrogen-bond donors (Lipinski definition) is 2. The predicted octanol–water partition coefficient (Wildman–Crippen LogP) is 1.45. The number of rotatable bonds is 6. The molecule has 0 aromatic carbocycles. The molecule has 0 saturated carbocycles. The Morgan fingerprint density at radius 2 is 1.91 bits per heavy atom. The van der Waals surface area contributed by atoms with Crippen LogP contribution in [0.4, 0.5) is 0 Å².